The van der Waals surface area contributed by atoms with Crippen molar-refractivity contribution in [3.05, 3.63) is 0 Å². The summed E-state index contributed by atoms with van der Waals surface area (Å²) in [6, 6.07) is 0. The minimum Gasteiger partial charge on any atom is -0.316 e. The van der Waals surface area contributed by atoms with Gasteiger partial charge in [0, 0.05) is 0 Å². The standard InChI is InChI=1S/C11H23N/c1-4-5-10-6-11(10)8-12-7-9(2)3/h9-12H,4-8H2,1-3H3. The molecule has 0 aromatic rings. The lowest BCUT2D eigenvalue weighted by Gasteiger charge is -2.06. The molecule has 2 unspecified atom stereocenters. The van der Waals surface area contributed by atoms with Gasteiger partial charge in [-0.05, 0) is 37.3 Å². The van der Waals surface area contributed by atoms with Gasteiger partial charge in [0.2, 0.25) is 0 Å². The van der Waals surface area contributed by atoms with Gasteiger partial charge in [0.1, 0.15) is 0 Å². The molecule has 0 aromatic heterocycles. The Labute approximate surface area is 76.9 Å². The summed E-state index contributed by atoms with van der Waals surface area (Å²) in [6.07, 6.45) is 4.30. The third kappa shape index (κ3) is 3.57. The third-order valence-corrected chi connectivity index (χ3v) is 2.69. The predicted octanol–water partition coefficient (Wildman–Crippen LogP) is 2.67. The van der Waals surface area contributed by atoms with Crippen molar-refractivity contribution in [3.63, 3.8) is 0 Å². The molecular weight excluding hydrogens is 146 g/mol. The second-order valence-electron chi connectivity index (χ2n) is 4.60. The highest BCUT2D eigenvalue weighted by Crippen LogP contribution is 2.41. The van der Waals surface area contributed by atoms with Gasteiger partial charge in [-0.1, -0.05) is 33.6 Å². The first-order valence-electron chi connectivity index (χ1n) is 5.44. The van der Waals surface area contributed by atoms with Crippen LogP contribution < -0.4 is 5.32 Å². The monoisotopic (exact) mass is 169 g/mol. The molecule has 1 nitrogen and oxygen atoms in total. The molecule has 0 aromatic carbocycles. The van der Waals surface area contributed by atoms with Gasteiger partial charge in [-0.15, -0.1) is 0 Å². The fourth-order valence-electron chi connectivity index (χ4n) is 1.84. The summed E-state index contributed by atoms with van der Waals surface area (Å²) in [4.78, 5) is 0. The zero-order valence-corrected chi connectivity index (χ0v) is 8.77. The molecule has 1 aliphatic carbocycles. The summed E-state index contributed by atoms with van der Waals surface area (Å²) in [5.41, 5.74) is 0. The molecule has 1 heteroatoms. The van der Waals surface area contributed by atoms with E-state index in [0.29, 0.717) is 0 Å². The van der Waals surface area contributed by atoms with Crippen LogP contribution in [0.4, 0.5) is 0 Å². The summed E-state index contributed by atoms with van der Waals surface area (Å²) in [6.45, 7) is 9.28. The van der Waals surface area contributed by atoms with Crippen molar-refractivity contribution in [2.45, 2.75) is 40.0 Å². The maximum atomic E-state index is 3.54. The highest BCUT2D eigenvalue weighted by Gasteiger charge is 2.34. The Bertz CT molecular complexity index is 120. The summed E-state index contributed by atoms with van der Waals surface area (Å²) in [7, 11) is 0. The van der Waals surface area contributed by atoms with Gasteiger partial charge < -0.3 is 5.32 Å². The Kier molecular flexibility index (Phi) is 4.07. The van der Waals surface area contributed by atoms with Crippen molar-refractivity contribution < 1.29 is 0 Å². The lowest BCUT2D eigenvalue weighted by Crippen LogP contribution is -2.22. The van der Waals surface area contributed by atoms with Gasteiger partial charge in [0.25, 0.3) is 0 Å². The van der Waals surface area contributed by atoms with E-state index in [1.807, 2.05) is 0 Å². The van der Waals surface area contributed by atoms with Gasteiger partial charge in [-0.2, -0.15) is 0 Å². The molecule has 1 saturated carbocycles. The quantitative estimate of drug-likeness (QED) is 0.644. The van der Waals surface area contributed by atoms with E-state index >= 15 is 0 Å². The first-order chi connectivity index (χ1) is 5.74. The van der Waals surface area contributed by atoms with Crippen molar-refractivity contribution in [2.24, 2.45) is 17.8 Å². The third-order valence-electron chi connectivity index (χ3n) is 2.69. The molecule has 1 N–H and O–H groups in total. The van der Waals surface area contributed by atoms with E-state index in [1.165, 1.54) is 32.4 Å². The number of hydrogen-bond donors (Lipinski definition) is 1. The Hall–Kier alpha value is -0.0400. The molecule has 1 fully saturated rings. The Balaban J connectivity index is 1.90. The molecule has 0 bridgehead atoms. The smallest absolute Gasteiger partial charge is 0.00176 e. The lowest BCUT2D eigenvalue weighted by molar-refractivity contribution is 0.515. The van der Waals surface area contributed by atoms with E-state index in [0.717, 1.165) is 17.8 Å². The van der Waals surface area contributed by atoms with E-state index in [2.05, 4.69) is 26.1 Å². The highest BCUT2D eigenvalue weighted by molar-refractivity contribution is 4.87. The molecule has 0 radical (unpaired) electrons. The van der Waals surface area contributed by atoms with E-state index in [9.17, 15) is 0 Å². The normalized spacial score (nSPS) is 28.0. The maximum absolute atomic E-state index is 3.54. The van der Waals surface area contributed by atoms with Gasteiger partial charge in [0.15, 0.2) is 0 Å². The topological polar surface area (TPSA) is 12.0 Å². The van der Waals surface area contributed by atoms with Crippen LogP contribution in [0, 0.1) is 17.8 Å². The molecule has 0 heterocycles. The van der Waals surface area contributed by atoms with Crippen molar-refractivity contribution >= 4 is 0 Å². The van der Waals surface area contributed by atoms with Crippen LogP contribution in [0.15, 0.2) is 0 Å². The molecule has 1 aliphatic rings. The molecule has 2 atom stereocenters. The van der Waals surface area contributed by atoms with Crippen molar-refractivity contribution in [1.29, 1.82) is 0 Å². The highest BCUT2D eigenvalue weighted by atomic mass is 14.9. The number of rotatable bonds is 6. The van der Waals surface area contributed by atoms with Crippen LogP contribution in [-0.2, 0) is 0 Å². The Morgan fingerprint density at radius 3 is 2.67 bits per heavy atom. The molecule has 0 aliphatic heterocycles. The summed E-state index contributed by atoms with van der Waals surface area (Å²) < 4.78 is 0. The predicted molar refractivity (Wildman–Crippen MR) is 54.2 cm³/mol. The SMILES string of the molecule is CCCC1CC1CNCC(C)C. The van der Waals surface area contributed by atoms with Crippen LogP contribution in [-0.4, -0.2) is 13.1 Å². The Morgan fingerprint density at radius 1 is 1.33 bits per heavy atom. The largest absolute Gasteiger partial charge is 0.316 e. The number of nitrogens with one attached hydrogen (secondary N) is 1. The molecular formula is C11H23N. The fourth-order valence-corrected chi connectivity index (χ4v) is 1.84. The average Bonchev–Trinajstić information content (AvgIpc) is 2.68. The van der Waals surface area contributed by atoms with Gasteiger partial charge >= 0.3 is 0 Å². The molecule has 0 spiro atoms. The molecule has 12 heavy (non-hydrogen) atoms. The van der Waals surface area contributed by atoms with Gasteiger partial charge in [0.05, 0.1) is 0 Å². The molecule has 0 amide bonds. The summed E-state index contributed by atoms with van der Waals surface area (Å²) in [5.74, 6) is 2.88. The minimum absolute atomic E-state index is 0.799. The van der Waals surface area contributed by atoms with Crippen LogP contribution in [0.2, 0.25) is 0 Å². The van der Waals surface area contributed by atoms with E-state index in [1.54, 1.807) is 0 Å². The average molecular weight is 169 g/mol. The van der Waals surface area contributed by atoms with Crippen molar-refractivity contribution in [3.8, 4) is 0 Å². The van der Waals surface area contributed by atoms with Crippen LogP contribution in [0.1, 0.15) is 40.0 Å². The second kappa shape index (κ2) is 4.86. The van der Waals surface area contributed by atoms with Crippen LogP contribution in [0.5, 0.6) is 0 Å². The van der Waals surface area contributed by atoms with Crippen LogP contribution >= 0.6 is 0 Å². The van der Waals surface area contributed by atoms with Gasteiger partial charge in [-0.25, -0.2) is 0 Å². The zero-order chi connectivity index (χ0) is 8.97. The zero-order valence-electron chi connectivity index (χ0n) is 8.77. The number of hydrogen-bond acceptors (Lipinski definition) is 1. The van der Waals surface area contributed by atoms with E-state index in [-0.39, 0.29) is 0 Å². The first kappa shape index (κ1) is 10.0. The minimum atomic E-state index is 0.799. The van der Waals surface area contributed by atoms with Crippen molar-refractivity contribution in [2.75, 3.05) is 13.1 Å². The summed E-state index contributed by atoms with van der Waals surface area (Å²) in [5, 5.41) is 3.54. The first-order valence-corrected chi connectivity index (χ1v) is 5.44. The molecule has 0 saturated heterocycles. The van der Waals surface area contributed by atoms with E-state index in [4.69, 9.17) is 0 Å². The van der Waals surface area contributed by atoms with Crippen LogP contribution in [0.25, 0.3) is 0 Å². The Morgan fingerprint density at radius 2 is 2.08 bits per heavy atom. The van der Waals surface area contributed by atoms with Gasteiger partial charge in [-0.3, -0.25) is 0 Å². The molecule has 72 valence electrons. The second-order valence-corrected chi connectivity index (χ2v) is 4.60. The fraction of sp³-hybridized carbons (Fsp3) is 1.00. The van der Waals surface area contributed by atoms with Crippen LogP contribution in [0.3, 0.4) is 0 Å². The molecule has 1 rings (SSSR count). The van der Waals surface area contributed by atoms with E-state index < -0.39 is 0 Å². The van der Waals surface area contributed by atoms with Crippen molar-refractivity contribution in [1.82, 2.24) is 5.32 Å². The lowest BCUT2D eigenvalue weighted by atomic mass is 10.2. The maximum Gasteiger partial charge on any atom is -0.00176 e. The summed E-state index contributed by atoms with van der Waals surface area (Å²) >= 11 is 0.